The second-order valence-electron chi connectivity index (χ2n) is 3.78. The van der Waals surface area contributed by atoms with Crippen molar-refractivity contribution in [2.24, 2.45) is 0 Å². The van der Waals surface area contributed by atoms with Gasteiger partial charge in [0.1, 0.15) is 5.82 Å². The Labute approximate surface area is 82.8 Å². The molecular weight excluding hydrogens is 178 g/mol. The van der Waals surface area contributed by atoms with Crippen LogP contribution < -0.4 is 10.9 Å². The lowest BCUT2D eigenvalue weighted by molar-refractivity contribution is 0.400. The van der Waals surface area contributed by atoms with E-state index in [1.165, 1.54) is 6.42 Å². The van der Waals surface area contributed by atoms with Crippen molar-refractivity contribution in [3.63, 3.8) is 0 Å². The predicted molar refractivity (Wildman–Crippen MR) is 54.2 cm³/mol. The maximum Gasteiger partial charge on any atom is 0.255 e. The van der Waals surface area contributed by atoms with Gasteiger partial charge in [-0.1, -0.05) is 6.42 Å². The summed E-state index contributed by atoms with van der Waals surface area (Å²) in [5.41, 5.74) is 0.701. The number of hydrogen-bond acceptors (Lipinski definition) is 3. The van der Waals surface area contributed by atoms with E-state index in [9.17, 15) is 4.79 Å². The molecule has 1 aliphatic rings. The summed E-state index contributed by atoms with van der Waals surface area (Å²) in [4.78, 5) is 18.7. The number of nitrogens with one attached hydrogen (secondary N) is 2. The Morgan fingerprint density at radius 1 is 1.64 bits per heavy atom. The molecule has 0 spiro atoms. The molecule has 0 aromatic carbocycles. The number of hydrogen-bond donors (Lipinski definition) is 2. The fourth-order valence-corrected chi connectivity index (χ4v) is 1.64. The molecule has 0 unspecified atom stereocenters. The van der Waals surface area contributed by atoms with Gasteiger partial charge < -0.3 is 10.3 Å². The molecule has 4 heteroatoms. The molecule has 2 N–H and O–H groups in total. The SMILES string of the molecule is CNCc1cnc(C2CCC2)[nH]c1=O. The van der Waals surface area contributed by atoms with Gasteiger partial charge in [0.15, 0.2) is 0 Å². The highest BCUT2D eigenvalue weighted by molar-refractivity contribution is 5.09. The van der Waals surface area contributed by atoms with Crippen LogP contribution >= 0.6 is 0 Å². The van der Waals surface area contributed by atoms with E-state index in [0.29, 0.717) is 18.0 Å². The Balaban J connectivity index is 2.21. The largest absolute Gasteiger partial charge is 0.315 e. The zero-order valence-corrected chi connectivity index (χ0v) is 8.34. The third-order valence-electron chi connectivity index (χ3n) is 2.75. The Hall–Kier alpha value is -1.16. The van der Waals surface area contributed by atoms with Crippen LogP contribution in [-0.2, 0) is 6.54 Å². The minimum Gasteiger partial charge on any atom is -0.315 e. The summed E-state index contributed by atoms with van der Waals surface area (Å²) in [6, 6.07) is 0. The molecule has 1 saturated carbocycles. The summed E-state index contributed by atoms with van der Waals surface area (Å²) in [6.45, 7) is 0.577. The second-order valence-corrected chi connectivity index (χ2v) is 3.78. The lowest BCUT2D eigenvalue weighted by atomic mass is 9.85. The average molecular weight is 193 g/mol. The zero-order valence-electron chi connectivity index (χ0n) is 8.34. The van der Waals surface area contributed by atoms with Gasteiger partial charge in [0.05, 0.1) is 0 Å². The monoisotopic (exact) mass is 193 g/mol. The molecule has 1 fully saturated rings. The van der Waals surface area contributed by atoms with Gasteiger partial charge in [0.25, 0.3) is 5.56 Å². The topological polar surface area (TPSA) is 57.8 Å². The minimum absolute atomic E-state index is 0.00347. The number of aromatic nitrogens is 2. The summed E-state index contributed by atoms with van der Waals surface area (Å²) in [7, 11) is 1.82. The van der Waals surface area contributed by atoms with Crippen molar-refractivity contribution in [1.82, 2.24) is 15.3 Å². The molecule has 0 radical (unpaired) electrons. The van der Waals surface area contributed by atoms with E-state index in [0.717, 1.165) is 18.7 Å². The molecule has 0 bridgehead atoms. The first-order chi connectivity index (χ1) is 6.81. The van der Waals surface area contributed by atoms with E-state index in [4.69, 9.17) is 0 Å². The Morgan fingerprint density at radius 3 is 2.93 bits per heavy atom. The number of aromatic amines is 1. The zero-order chi connectivity index (χ0) is 9.97. The van der Waals surface area contributed by atoms with Gasteiger partial charge >= 0.3 is 0 Å². The molecule has 0 amide bonds. The quantitative estimate of drug-likeness (QED) is 0.745. The highest BCUT2D eigenvalue weighted by Gasteiger charge is 2.21. The minimum atomic E-state index is -0.00347. The molecule has 1 aliphatic carbocycles. The van der Waals surface area contributed by atoms with Crippen molar-refractivity contribution in [2.45, 2.75) is 31.7 Å². The van der Waals surface area contributed by atoms with E-state index in [1.807, 2.05) is 7.05 Å². The molecule has 2 rings (SSSR count). The molecule has 76 valence electrons. The highest BCUT2D eigenvalue weighted by Crippen LogP contribution is 2.33. The highest BCUT2D eigenvalue weighted by atomic mass is 16.1. The van der Waals surface area contributed by atoms with E-state index < -0.39 is 0 Å². The van der Waals surface area contributed by atoms with Gasteiger partial charge in [-0.25, -0.2) is 4.98 Å². The summed E-state index contributed by atoms with van der Waals surface area (Å²) < 4.78 is 0. The van der Waals surface area contributed by atoms with Crippen molar-refractivity contribution < 1.29 is 0 Å². The van der Waals surface area contributed by atoms with Crippen molar-refractivity contribution in [3.8, 4) is 0 Å². The Morgan fingerprint density at radius 2 is 2.43 bits per heavy atom. The predicted octanol–water partition coefficient (Wildman–Crippen LogP) is 0.757. The van der Waals surface area contributed by atoms with Gasteiger partial charge in [-0.3, -0.25) is 4.79 Å². The van der Waals surface area contributed by atoms with E-state index in [-0.39, 0.29) is 5.56 Å². The van der Waals surface area contributed by atoms with Crippen molar-refractivity contribution in [3.05, 3.63) is 27.9 Å². The number of nitrogens with zero attached hydrogens (tertiary/aromatic N) is 1. The second kappa shape index (κ2) is 3.92. The van der Waals surface area contributed by atoms with Gasteiger partial charge in [-0.2, -0.15) is 0 Å². The fraction of sp³-hybridized carbons (Fsp3) is 0.600. The lowest BCUT2D eigenvalue weighted by Gasteiger charge is -2.23. The van der Waals surface area contributed by atoms with Crippen LogP contribution in [-0.4, -0.2) is 17.0 Å². The Bertz CT molecular complexity index is 368. The van der Waals surface area contributed by atoms with Crippen molar-refractivity contribution >= 4 is 0 Å². The van der Waals surface area contributed by atoms with Crippen LogP contribution in [0.1, 0.15) is 36.6 Å². The molecule has 0 saturated heterocycles. The third kappa shape index (κ3) is 1.70. The third-order valence-corrected chi connectivity index (χ3v) is 2.75. The van der Waals surface area contributed by atoms with E-state index >= 15 is 0 Å². The molecule has 0 aliphatic heterocycles. The first-order valence-electron chi connectivity index (χ1n) is 5.04. The maximum atomic E-state index is 11.5. The van der Waals surface area contributed by atoms with Crippen molar-refractivity contribution in [1.29, 1.82) is 0 Å². The van der Waals surface area contributed by atoms with E-state index in [1.54, 1.807) is 6.20 Å². The smallest absolute Gasteiger partial charge is 0.255 e. The average Bonchev–Trinajstić information content (AvgIpc) is 2.07. The number of rotatable bonds is 3. The van der Waals surface area contributed by atoms with Gasteiger partial charge in [0, 0.05) is 24.2 Å². The molecule has 1 aromatic heterocycles. The lowest BCUT2D eigenvalue weighted by Crippen LogP contribution is -2.23. The van der Waals surface area contributed by atoms with Crippen LogP contribution in [0.25, 0.3) is 0 Å². The first kappa shape index (κ1) is 9.40. The van der Waals surface area contributed by atoms with Crippen LogP contribution in [0.15, 0.2) is 11.0 Å². The summed E-state index contributed by atoms with van der Waals surface area (Å²) in [5.74, 6) is 1.35. The normalized spacial score (nSPS) is 16.6. The molecule has 4 nitrogen and oxygen atoms in total. The van der Waals surface area contributed by atoms with Gasteiger partial charge in [0.2, 0.25) is 0 Å². The Kier molecular flexibility index (Phi) is 2.63. The summed E-state index contributed by atoms with van der Waals surface area (Å²) in [5, 5.41) is 2.94. The van der Waals surface area contributed by atoms with Gasteiger partial charge in [-0.15, -0.1) is 0 Å². The maximum absolute atomic E-state index is 11.5. The van der Waals surface area contributed by atoms with Crippen LogP contribution in [0.2, 0.25) is 0 Å². The molecule has 14 heavy (non-hydrogen) atoms. The van der Waals surface area contributed by atoms with Crippen LogP contribution in [0.5, 0.6) is 0 Å². The summed E-state index contributed by atoms with van der Waals surface area (Å²) >= 11 is 0. The van der Waals surface area contributed by atoms with Crippen LogP contribution in [0, 0.1) is 0 Å². The standard InChI is InChI=1S/C10H15N3O/c1-11-5-8-6-12-9(13-10(8)14)7-3-2-4-7/h6-7,11H,2-5H2,1H3,(H,12,13,14). The van der Waals surface area contributed by atoms with Gasteiger partial charge in [-0.05, 0) is 19.9 Å². The van der Waals surface area contributed by atoms with Crippen LogP contribution in [0.4, 0.5) is 0 Å². The fourth-order valence-electron chi connectivity index (χ4n) is 1.64. The molecular formula is C10H15N3O. The molecule has 1 heterocycles. The number of H-pyrrole nitrogens is 1. The molecule has 0 atom stereocenters. The van der Waals surface area contributed by atoms with E-state index in [2.05, 4.69) is 15.3 Å². The molecule has 1 aromatic rings. The van der Waals surface area contributed by atoms with Crippen molar-refractivity contribution in [2.75, 3.05) is 7.05 Å². The summed E-state index contributed by atoms with van der Waals surface area (Å²) in [6.07, 6.45) is 5.26. The first-order valence-corrected chi connectivity index (χ1v) is 5.04. The van der Waals surface area contributed by atoms with Crippen LogP contribution in [0.3, 0.4) is 0 Å².